The highest BCUT2D eigenvalue weighted by molar-refractivity contribution is 5.74. The van der Waals surface area contributed by atoms with Gasteiger partial charge in [-0.15, -0.1) is 0 Å². The average Bonchev–Trinajstić information content (AvgIpc) is 2.97. The first-order chi connectivity index (χ1) is 19.7. The minimum atomic E-state index is -0.879. The molecule has 1 aromatic rings. The molecule has 0 bridgehead atoms. The number of hydrogen-bond acceptors (Lipinski definition) is 3. The van der Waals surface area contributed by atoms with Crippen LogP contribution >= 0.6 is 0 Å². The molecule has 6 heteroatoms. The third-order valence-corrected chi connectivity index (χ3v) is 7.64. The van der Waals surface area contributed by atoms with E-state index in [0.29, 0.717) is 6.54 Å². The van der Waals surface area contributed by atoms with E-state index in [1.165, 1.54) is 103 Å². The molecule has 4 N–H and O–H groups in total. The van der Waals surface area contributed by atoms with E-state index in [2.05, 4.69) is 52.7 Å². The Bertz CT molecular complexity index is 714. The minimum absolute atomic E-state index is 0.288. The Labute approximate surface area is 246 Å². The fourth-order valence-corrected chi connectivity index (χ4v) is 5.02. The maximum atomic E-state index is 12.1. The van der Waals surface area contributed by atoms with Crippen molar-refractivity contribution in [1.29, 1.82) is 0 Å². The molecule has 2 atom stereocenters. The van der Waals surface area contributed by atoms with E-state index in [1.807, 2.05) is 6.08 Å². The molecule has 230 valence electrons. The van der Waals surface area contributed by atoms with Crippen molar-refractivity contribution in [3.05, 3.63) is 42.7 Å². The Balaban J connectivity index is 1.92. The molecule has 0 aromatic carbocycles. The highest BCUT2D eigenvalue weighted by Crippen LogP contribution is 2.12. The van der Waals surface area contributed by atoms with Crippen LogP contribution in [-0.4, -0.2) is 41.5 Å². The number of aryl methyl sites for hydroxylation is 1. The van der Waals surface area contributed by atoms with Crippen molar-refractivity contribution in [2.24, 2.45) is 0 Å². The first kappa shape index (κ1) is 36.1. The van der Waals surface area contributed by atoms with Gasteiger partial charge in [0, 0.05) is 25.1 Å². The number of aromatic nitrogens is 1. The number of pyridine rings is 1. The van der Waals surface area contributed by atoms with E-state index >= 15 is 0 Å². The number of unbranched alkanes of at least 4 members (excludes halogenated alkanes) is 18. The summed E-state index contributed by atoms with van der Waals surface area (Å²) in [5, 5.41) is 25.5. The van der Waals surface area contributed by atoms with Crippen LogP contribution in [0.4, 0.5) is 4.79 Å². The average molecular weight is 561 g/mol. The molecule has 0 fully saturated rings. The zero-order chi connectivity index (χ0) is 28.9. The van der Waals surface area contributed by atoms with E-state index in [-0.39, 0.29) is 12.6 Å². The van der Waals surface area contributed by atoms with Gasteiger partial charge >= 0.3 is 6.03 Å². The molecule has 0 unspecified atom stereocenters. The zero-order valence-electron chi connectivity index (χ0n) is 25.7. The molecule has 0 aliphatic heterocycles. The van der Waals surface area contributed by atoms with Gasteiger partial charge in [0.25, 0.3) is 0 Å². The number of nitrogens with one attached hydrogen (secondary N) is 2. The SMILES string of the molecule is CCCCCCCCCCNC(=O)N[C@@H](CO)[C@@H](O)/C=C/CCCCCCCCCCCCC[n+]1ccccc1. The highest BCUT2D eigenvalue weighted by atomic mass is 16.3. The van der Waals surface area contributed by atoms with Crippen molar-refractivity contribution in [2.75, 3.05) is 13.2 Å². The van der Waals surface area contributed by atoms with Crippen molar-refractivity contribution in [3.63, 3.8) is 0 Å². The number of amides is 2. The summed E-state index contributed by atoms with van der Waals surface area (Å²) >= 11 is 0. The van der Waals surface area contributed by atoms with Crippen LogP contribution in [0.3, 0.4) is 0 Å². The molecule has 40 heavy (non-hydrogen) atoms. The Morgan fingerprint density at radius 2 is 1.27 bits per heavy atom. The standard InChI is InChI=1S/C34H61N3O3/c1-2-3-4-5-6-15-18-22-27-35-34(40)36-32(31-38)33(39)26-21-17-14-12-10-8-7-9-11-13-16-19-23-28-37-29-24-20-25-30-37/h20-21,24-26,29-30,32-33,38-39H,2-19,22-23,27-28,31H2,1H3,(H-,35,36,40)/p+1/b26-21+/t32-,33-/m0/s1. The van der Waals surface area contributed by atoms with Gasteiger partial charge in [-0.1, -0.05) is 121 Å². The molecular formula is C34H62N3O3+. The van der Waals surface area contributed by atoms with Crippen LogP contribution in [0, 0.1) is 0 Å². The number of aliphatic hydroxyl groups excluding tert-OH is 2. The van der Waals surface area contributed by atoms with Crippen LogP contribution in [0.15, 0.2) is 42.7 Å². The lowest BCUT2D eigenvalue weighted by Gasteiger charge is -2.20. The first-order valence-electron chi connectivity index (χ1n) is 16.6. The second-order valence-corrected chi connectivity index (χ2v) is 11.4. The quantitative estimate of drug-likeness (QED) is 0.0515. The summed E-state index contributed by atoms with van der Waals surface area (Å²) in [5.41, 5.74) is 0. The van der Waals surface area contributed by atoms with E-state index in [4.69, 9.17) is 0 Å². The topological polar surface area (TPSA) is 85.5 Å². The van der Waals surface area contributed by atoms with Gasteiger partial charge in [0.2, 0.25) is 0 Å². The number of carbonyl (C=O) groups is 1. The van der Waals surface area contributed by atoms with Crippen molar-refractivity contribution in [1.82, 2.24) is 10.6 Å². The largest absolute Gasteiger partial charge is 0.394 e. The lowest BCUT2D eigenvalue weighted by molar-refractivity contribution is -0.697. The van der Waals surface area contributed by atoms with Gasteiger partial charge in [-0.05, 0) is 25.7 Å². The summed E-state index contributed by atoms with van der Waals surface area (Å²) in [6.45, 7) is 3.70. The predicted octanol–water partition coefficient (Wildman–Crippen LogP) is 7.37. The van der Waals surface area contributed by atoms with Crippen LogP contribution in [-0.2, 0) is 6.54 Å². The lowest BCUT2D eigenvalue weighted by atomic mass is 10.0. The van der Waals surface area contributed by atoms with Crippen molar-refractivity contribution < 1.29 is 19.6 Å². The number of allylic oxidation sites excluding steroid dienone is 1. The monoisotopic (exact) mass is 560 g/mol. The molecule has 0 saturated heterocycles. The lowest BCUT2D eigenvalue weighted by Crippen LogP contribution is -2.49. The molecule has 0 saturated carbocycles. The second-order valence-electron chi connectivity index (χ2n) is 11.4. The van der Waals surface area contributed by atoms with E-state index in [1.54, 1.807) is 6.08 Å². The number of rotatable bonds is 27. The second kappa shape index (κ2) is 27.3. The van der Waals surface area contributed by atoms with Crippen LogP contribution in [0.25, 0.3) is 0 Å². The van der Waals surface area contributed by atoms with Crippen LogP contribution in [0.2, 0.25) is 0 Å². The number of aliphatic hydroxyl groups is 2. The van der Waals surface area contributed by atoms with Crippen LogP contribution < -0.4 is 15.2 Å². The van der Waals surface area contributed by atoms with E-state index < -0.39 is 12.1 Å². The van der Waals surface area contributed by atoms with Crippen molar-refractivity contribution in [2.45, 2.75) is 154 Å². The maximum absolute atomic E-state index is 12.1. The molecule has 0 radical (unpaired) electrons. The maximum Gasteiger partial charge on any atom is 0.315 e. The van der Waals surface area contributed by atoms with Gasteiger partial charge in [0.05, 0.1) is 18.8 Å². The predicted molar refractivity (Wildman–Crippen MR) is 167 cm³/mol. The summed E-state index contributed by atoms with van der Waals surface area (Å²) in [5.74, 6) is 0. The Morgan fingerprint density at radius 1 is 0.750 bits per heavy atom. The summed E-state index contributed by atoms with van der Waals surface area (Å²) in [4.78, 5) is 12.1. The molecule has 6 nitrogen and oxygen atoms in total. The number of urea groups is 1. The normalized spacial score (nSPS) is 13.0. The highest BCUT2D eigenvalue weighted by Gasteiger charge is 2.17. The smallest absolute Gasteiger partial charge is 0.315 e. The third-order valence-electron chi connectivity index (χ3n) is 7.64. The van der Waals surface area contributed by atoms with Crippen LogP contribution in [0.1, 0.15) is 135 Å². The number of nitrogens with zero attached hydrogens (tertiary/aromatic N) is 1. The van der Waals surface area contributed by atoms with Gasteiger partial charge in [0.15, 0.2) is 12.4 Å². The van der Waals surface area contributed by atoms with Gasteiger partial charge in [-0.3, -0.25) is 0 Å². The van der Waals surface area contributed by atoms with Crippen molar-refractivity contribution in [3.8, 4) is 0 Å². The van der Waals surface area contributed by atoms with Gasteiger partial charge in [-0.2, -0.15) is 0 Å². The summed E-state index contributed by atoms with van der Waals surface area (Å²) in [7, 11) is 0. The molecular weight excluding hydrogens is 498 g/mol. The summed E-state index contributed by atoms with van der Waals surface area (Å²) in [6, 6.07) is 5.25. The van der Waals surface area contributed by atoms with Gasteiger partial charge in [-0.25, -0.2) is 9.36 Å². The number of hydrogen-bond donors (Lipinski definition) is 4. The molecule has 1 aromatic heterocycles. The number of carbonyl (C=O) groups excluding carboxylic acids is 1. The Hall–Kier alpha value is -1.92. The van der Waals surface area contributed by atoms with E-state index in [0.717, 1.165) is 32.2 Å². The van der Waals surface area contributed by atoms with Crippen LogP contribution in [0.5, 0.6) is 0 Å². The minimum Gasteiger partial charge on any atom is -0.394 e. The summed E-state index contributed by atoms with van der Waals surface area (Å²) in [6.07, 6.45) is 32.0. The molecule has 1 heterocycles. The Morgan fingerprint density at radius 3 is 1.85 bits per heavy atom. The fraction of sp³-hybridized carbons (Fsp3) is 0.765. The van der Waals surface area contributed by atoms with Gasteiger partial charge in [0.1, 0.15) is 6.54 Å². The molecule has 0 aliphatic carbocycles. The first-order valence-corrected chi connectivity index (χ1v) is 16.6. The van der Waals surface area contributed by atoms with Crippen molar-refractivity contribution >= 4 is 6.03 Å². The molecule has 0 aliphatic rings. The third kappa shape index (κ3) is 21.8. The zero-order valence-corrected chi connectivity index (χ0v) is 25.7. The summed E-state index contributed by atoms with van der Waals surface area (Å²) < 4.78 is 2.27. The Kier molecular flexibility index (Phi) is 24.6. The molecule has 0 spiro atoms. The fourth-order valence-electron chi connectivity index (χ4n) is 5.02. The van der Waals surface area contributed by atoms with Gasteiger partial charge < -0.3 is 20.8 Å². The van der Waals surface area contributed by atoms with E-state index in [9.17, 15) is 15.0 Å². The molecule has 1 rings (SSSR count). The molecule has 2 amide bonds.